The van der Waals surface area contributed by atoms with Crippen LogP contribution < -0.4 is 5.73 Å². The van der Waals surface area contributed by atoms with Crippen molar-refractivity contribution in [1.82, 2.24) is 0 Å². The predicted octanol–water partition coefficient (Wildman–Crippen LogP) is 4.26. The van der Waals surface area contributed by atoms with Crippen molar-refractivity contribution < 1.29 is 0 Å². The molecule has 1 aromatic heterocycles. The Morgan fingerprint density at radius 3 is 2.50 bits per heavy atom. The van der Waals surface area contributed by atoms with E-state index in [0.717, 1.165) is 17.8 Å². The summed E-state index contributed by atoms with van der Waals surface area (Å²) in [6, 6.07) is 2.48. The monoisotopic (exact) mass is 299 g/mol. The lowest BCUT2D eigenvalue weighted by atomic mass is 10.0. The molecule has 3 unspecified atom stereocenters. The van der Waals surface area contributed by atoms with Gasteiger partial charge in [0.05, 0.1) is 0 Å². The van der Waals surface area contributed by atoms with E-state index in [0.29, 0.717) is 0 Å². The van der Waals surface area contributed by atoms with Gasteiger partial charge in [-0.15, -0.1) is 11.3 Å². The molecular weight excluding hydrogens is 282 g/mol. The van der Waals surface area contributed by atoms with Crippen molar-refractivity contribution in [3.8, 4) is 0 Å². The van der Waals surface area contributed by atoms with Crippen LogP contribution in [0.25, 0.3) is 0 Å². The number of rotatable bonds is 2. The molecule has 1 aromatic rings. The fraction of sp³-hybridized carbons (Fsp3) is 0.692. The molecule has 2 saturated carbocycles. The molecule has 1 nitrogen and oxygen atoms in total. The average molecular weight is 300 g/mol. The summed E-state index contributed by atoms with van der Waals surface area (Å²) in [7, 11) is 0. The highest BCUT2D eigenvalue weighted by atomic mass is 79.9. The SMILES string of the molecule is Cc1cc(Br)c(C(N)C2C3CCCCC32)s1. The third-order valence-electron chi connectivity index (χ3n) is 4.28. The van der Waals surface area contributed by atoms with Gasteiger partial charge in [0.15, 0.2) is 0 Å². The maximum atomic E-state index is 6.45. The number of nitrogens with two attached hydrogens (primary N) is 1. The van der Waals surface area contributed by atoms with Gasteiger partial charge in [-0.25, -0.2) is 0 Å². The molecule has 0 saturated heterocycles. The molecule has 2 N–H and O–H groups in total. The van der Waals surface area contributed by atoms with Crippen LogP contribution in [0.1, 0.15) is 41.5 Å². The molecule has 3 heteroatoms. The van der Waals surface area contributed by atoms with Gasteiger partial charge in [-0.2, -0.15) is 0 Å². The fourth-order valence-corrected chi connectivity index (χ4v) is 5.46. The highest BCUT2D eigenvalue weighted by Crippen LogP contribution is 2.60. The molecule has 0 spiro atoms. The van der Waals surface area contributed by atoms with Crippen LogP contribution in [0.2, 0.25) is 0 Å². The Balaban J connectivity index is 1.78. The summed E-state index contributed by atoms with van der Waals surface area (Å²) < 4.78 is 1.23. The third-order valence-corrected chi connectivity index (χ3v) is 6.35. The zero-order valence-electron chi connectivity index (χ0n) is 9.58. The van der Waals surface area contributed by atoms with E-state index in [-0.39, 0.29) is 6.04 Å². The second-order valence-corrected chi connectivity index (χ2v) is 7.43. The first kappa shape index (κ1) is 11.2. The van der Waals surface area contributed by atoms with Gasteiger partial charge >= 0.3 is 0 Å². The molecule has 0 aromatic carbocycles. The van der Waals surface area contributed by atoms with Gasteiger partial charge in [-0.05, 0) is 59.5 Å². The Kier molecular flexibility index (Phi) is 2.89. The summed E-state index contributed by atoms with van der Waals surface area (Å²) in [4.78, 5) is 2.73. The quantitative estimate of drug-likeness (QED) is 0.868. The normalized spacial score (nSPS) is 34.6. The Morgan fingerprint density at radius 2 is 2.00 bits per heavy atom. The van der Waals surface area contributed by atoms with Gasteiger partial charge in [0.2, 0.25) is 0 Å². The molecule has 88 valence electrons. The van der Waals surface area contributed by atoms with E-state index in [1.165, 1.54) is 39.9 Å². The maximum absolute atomic E-state index is 6.45. The lowest BCUT2D eigenvalue weighted by Crippen LogP contribution is -2.13. The lowest BCUT2D eigenvalue weighted by molar-refractivity contribution is 0.480. The van der Waals surface area contributed by atoms with Gasteiger partial charge in [-0.3, -0.25) is 0 Å². The number of thiophene rings is 1. The van der Waals surface area contributed by atoms with E-state index in [4.69, 9.17) is 5.73 Å². The van der Waals surface area contributed by atoms with Crippen molar-refractivity contribution in [3.63, 3.8) is 0 Å². The van der Waals surface area contributed by atoms with Crippen LogP contribution in [0, 0.1) is 24.7 Å². The Morgan fingerprint density at radius 1 is 1.38 bits per heavy atom. The molecule has 0 bridgehead atoms. The van der Waals surface area contributed by atoms with Crippen LogP contribution >= 0.6 is 27.3 Å². The molecule has 2 aliphatic carbocycles. The molecule has 0 amide bonds. The second kappa shape index (κ2) is 4.11. The number of hydrogen-bond donors (Lipinski definition) is 1. The molecule has 1 heterocycles. The summed E-state index contributed by atoms with van der Waals surface area (Å²) in [6.45, 7) is 2.16. The topological polar surface area (TPSA) is 26.0 Å². The van der Waals surface area contributed by atoms with E-state index < -0.39 is 0 Å². The van der Waals surface area contributed by atoms with Crippen molar-refractivity contribution >= 4 is 27.3 Å². The molecule has 16 heavy (non-hydrogen) atoms. The summed E-state index contributed by atoms with van der Waals surface area (Å²) >= 11 is 5.51. The number of fused-ring (bicyclic) bond motifs is 1. The summed E-state index contributed by atoms with van der Waals surface area (Å²) in [5.74, 6) is 2.66. The first-order valence-corrected chi connectivity index (χ1v) is 7.81. The van der Waals surface area contributed by atoms with Crippen LogP contribution in [0.3, 0.4) is 0 Å². The van der Waals surface area contributed by atoms with E-state index in [9.17, 15) is 0 Å². The van der Waals surface area contributed by atoms with E-state index >= 15 is 0 Å². The smallest absolute Gasteiger partial charge is 0.0435 e. The Hall–Kier alpha value is 0.140. The largest absolute Gasteiger partial charge is 0.323 e. The number of hydrogen-bond acceptors (Lipinski definition) is 2. The first-order valence-electron chi connectivity index (χ1n) is 6.20. The third kappa shape index (κ3) is 1.77. The fourth-order valence-electron chi connectivity index (χ4n) is 3.48. The Bertz CT molecular complexity index is 389. The molecule has 3 rings (SSSR count). The zero-order valence-corrected chi connectivity index (χ0v) is 12.0. The van der Waals surface area contributed by atoms with E-state index in [1.54, 1.807) is 0 Å². The zero-order chi connectivity index (χ0) is 11.3. The number of aryl methyl sites for hydroxylation is 1. The predicted molar refractivity (Wildman–Crippen MR) is 72.6 cm³/mol. The maximum Gasteiger partial charge on any atom is 0.0435 e. The van der Waals surface area contributed by atoms with Crippen molar-refractivity contribution in [2.45, 2.75) is 38.6 Å². The summed E-state index contributed by atoms with van der Waals surface area (Å²) in [5.41, 5.74) is 6.45. The van der Waals surface area contributed by atoms with Crippen molar-refractivity contribution in [1.29, 1.82) is 0 Å². The second-order valence-electron chi connectivity index (χ2n) is 5.28. The average Bonchev–Trinajstić information content (AvgIpc) is 2.89. The van der Waals surface area contributed by atoms with Crippen LogP contribution in [-0.2, 0) is 0 Å². The highest BCUT2D eigenvalue weighted by molar-refractivity contribution is 9.10. The molecule has 0 radical (unpaired) electrons. The minimum atomic E-state index is 0.279. The van der Waals surface area contributed by atoms with E-state index in [2.05, 4.69) is 28.9 Å². The van der Waals surface area contributed by atoms with Crippen LogP contribution in [0.5, 0.6) is 0 Å². The number of halogens is 1. The minimum absolute atomic E-state index is 0.279. The Labute approximate surface area is 110 Å². The van der Waals surface area contributed by atoms with E-state index in [1.807, 2.05) is 11.3 Å². The van der Waals surface area contributed by atoms with Crippen molar-refractivity contribution in [2.24, 2.45) is 23.5 Å². The first-order chi connectivity index (χ1) is 7.68. The van der Waals surface area contributed by atoms with Crippen LogP contribution in [-0.4, -0.2) is 0 Å². The summed E-state index contributed by atoms with van der Waals surface area (Å²) in [5, 5.41) is 0. The standard InChI is InChI=1S/C13H18BrNS/c1-7-6-10(14)13(16-7)12(15)11-8-4-2-3-5-9(8)11/h6,8-9,11-12H,2-5,15H2,1H3. The highest BCUT2D eigenvalue weighted by Gasteiger charge is 2.53. The van der Waals surface area contributed by atoms with Gasteiger partial charge < -0.3 is 5.73 Å². The van der Waals surface area contributed by atoms with Crippen molar-refractivity contribution in [2.75, 3.05) is 0 Å². The van der Waals surface area contributed by atoms with Gasteiger partial charge in [-0.1, -0.05) is 12.8 Å². The van der Waals surface area contributed by atoms with Gasteiger partial charge in [0, 0.05) is 20.3 Å². The molecule has 2 fully saturated rings. The minimum Gasteiger partial charge on any atom is -0.323 e. The molecule has 3 atom stereocenters. The summed E-state index contributed by atoms with van der Waals surface area (Å²) in [6.07, 6.45) is 5.69. The van der Waals surface area contributed by atoms with Crippen LogP contribution in [0.4, 0.5) is 0 Å². The van der Waals surface area contributed by atoms with Gasteiger partial charge in [0.25, 0.3) is 0 Å². The molecular formula is C13H18BrNS. The van der Waals surface area contributed by atoms with Crippen LogP contribution in [0.15, 0.2) is 10.5 Å². The van der Waals surface area contributed by atoms with Gasteiger partial charge in [0.1, 0.15) is 0 Å². The molecule has 0 aliphatic heterocycles. The van der Waals surface area contributed by atoms with Crippen molar-refractivity contribution in [3.05, 3.63) is 20.3 Å². The molecule has 2 aliphatic rings. The lowest BCUT2D eigenvalue weighted by Gasteiger charge is -2.10.